The summed E-state index contributed by atoms with van der Waals surface area (Å²) in [4.78, 5) is 13.6. The first-order chi connectivity index (χ1) is 3.30. The van der Waals surface area contributed by atoms with Gasteiger partial charge in [0.15, 0.2) is 12.5 Å². The molecule has 1 atom stereocenters. The van der Waals surface area contributed by atoms with E-state index in [4.69, 9.17) is 0 Å². The van der Waals surface area contributed by atoms with Gasteiger partial charge in [-0.3, -0.25) is 4.79 Å². The lowest BCUT2D eigenvalue weighted by molar-refractivity contribution is -0.121. The first kappa shape index (κ1) is 4.30. The summed E-state index contributed by atoms with van der Waals surface area (Å²) in [6, 6.07) is 0. The van der Waals surface area contributed by atoms with E-state index in [1.54, 1.807) is 6.92 Å². The molecule has 0 N–H and O–H groups in total. The first-order valence-corrected chi connectivity index (χ1v) is 2.02. The predicted molar refractivity (Wildman–Crippen MR) is 24.0 cm³/mol. The Balaban J connectivity index is 2.62. The maximum Gasteiger partial charge on any atom is 0.289 e. The number of hydrogen-bond acceptors (Lipinski definition) is 2. The Kier molecular flexibility index (Phi) is 0.817. The maximum atomic E-state index is 10.3. The normalized spacial score (nSPS) is 28.1. The molecule has 0 spiro atoms. The van der Waals surface area contributed by atoms with E-state index in [2.05, 4.69) is 9.73 Å². The van der Waals surface area contributed by atoms with Crippen LogP contribution < -0.4 is 0 Å². The third kappa shape index (κ3) is 0.607. The van der Waals surface area contributed by atoms with Gasteiger partial charge in [0.2, 0.25) is 0 Å². The van der Waals surface area contributed by atoms with Crippen LogP contribution in [0.3, 0.4) is 0 Å². The largest absolute Gasteiger partial charge is 0.470 e. The zero-order valence-electron chi connectivity index (χ0n) is 3.92. The van der Waals surface area contributed by atoms with Gasteiger partial charge < -0.3 is 4.74 Å². The second-order valence-corrected chi connectivity index (χ2v) is 1.35. The van der Waals surface area contributed by atoms with Gasteiger partial charge in [0.25, 0.3) is 5.91 Å². The third-order valence-corrected chi connectivity index (χ3v) is 0.793. The van der Waals surface area contributed by atoms with Gasteiger partial charge >= 0.3 is 0 Å². The van der Waals surface area contributed by atoms with Crippen molar-refractivity contribution in [1.29, 1.82) is 0 Å². The molecule has 7 heavy (non-hydrogen) atoms. The van der Waals surface area contributed by atoms with Crippen LogP contribution in [0.15, 0.2) is 4.99 Å². The zero-order chi connectivity index (χ0) is 5.28. The van der Waals surface area contributed by atoms with E-state index in [9.17, 15) is 4.79 Å². The molecule has 3 heteroatoms. The van der Waals surface area contributed by atoms with Crippen LogP contribution in [0.5, 0.6) is 0 Å². The minimum absolute atomic E-state index is 0.194. The Bertz CT molecular complexity index is 119. The molecule has 0 aromatic carbocycles. The van der Waals surface area contributed by atoms with Crippen LogP contribution in [-0.2, 0) is 9.53 Å². The number of aliphatic imine (C=N–C) groups is 1. The molecule has 0 aliphatic carbocycles. The Labute approximate surface area is 41.0 Å². The lowest BCUT2D eigenvalue weighted by Gasteiger charge is -1.93. The highest BCUT2D eigenvalue weighted by molar-refractivity contribution is 5.91. The van der Waals surface area contributed by atoms with Crippen molar-refractivity contribution in [2.75, 3.05) is 0 Å². The number of carbonyl (C=O) groups excluding carboxylic acids is 1. The molecule has 0 saturated carbocycles. The van der Waals surface area contributed by atoms with Crippen molar-refractivity contribution in [3.8, 4) is 0 Å². The smallest absolute Gasteiger partial charge is 0.289 e. The van der Waals surface area contributed by atoms with Crippen molar-refractivity contribution in [1.82, 2.24) is 0 Å². The monoisotopic (exact) mass is 99.0 g/mol. The molecule has 1 rings (SSSR count). The highest BCUT2D eigenvalue weighted by atomic mass is 16.5. The average molecular weight is 99.1 g/mol. The van der Waals surface area contributed by atoms with Crippen molar-refractivity contribution < 1.29 is 9.53 Å². The Morgan fingerprint density at radius 3 is 2.86 bits per heavy atom. The number of ether oxygens (including phenoxy) is 1. The van der Waals surface area contributed by atoms with E-state index < -0.39 is 0 Å². The van der Waals surface area contributed by atoms with Gasteiger partial charge in [0, 0.05) is 0 Å². The van der Waals surface area contributed by atoms with Crippen LogP contribution in [0, 0.1) is 0 Å². The van der Waals surface area contributed by atoms with E-state index in [-0.39, 0.29) is 12.0 Å². The van der Waals surface area contributed by atoms with Crippen molar-refractivity contribution >= 4 is 12.3 Å². The maximum absolute atomic E-state index is 10.3. The molecule has 3 nitrogen and oxygen atoms in total. The topological polar surface area (TPSA) is 38.7 Å². The minimum Gasteiger partial charge on any atom is -0.470 e. The second-order valence-electron chi connectivity index (χ2n) is 1.35. The SMILES string of the molecule is CC1OC=NC1=O. The summed E-state index contributed by atoms with van der Waals surface area (Å²) >= 11 is 0. The van der Waals surface area contributed by atoms with Crippen LogP contribution in [0.1, 0.15) is 6.92 Å². The molecule has 1 aliphatic heterocycles. The number of nitrogens with zero attached hydrogens (tertiary/aromatic N) is 1. The van der Waals surface area contributed by atoms with Gasteiger partial charge in [-0.15, -0.1) is 0 Å². The molecule has 0 saturated heterocycles. The van der Waals surface area contributed by atoms with Crippen molar-refractivity contribution in [2.24, 2.45) is 4.99 Å². The zero-order valence-corrected chi connectivity index (χ0v) is 3.92. The molecule has 1 unspecified atom stereocenters. The minimum atomic E-state index is -0.347. The van der Waals surface area contributed by atoms with Crippen LogP contribution in [-0.4, -0.2) is 18.4 Å². The molecule has 0 aromatic heterocycles. The summed E-state index contributed by atoms with van der Waals surface area (Å²) in [6.07, 6.45) is 0.826. The molecule has 38 valence electrons. The second kappa shape index (κ2) is 1.33. The molecule has 0 bridgehead atoms. The summed E-state index contributed by atoms with van der Waals surface area (Å²) in [7, 11) is 0. The Morgan fingerprint density at radius 2 is 2.71 bits per heavy atom. The number of rotatable bonds is 0. The summed E-state index contributed by atoms with van der Waals surface area (Å²) in [5.41, 5.74) is 0. The Morgan fingerprint density at radius 1 is 2.00 bits per heavy atom. The van der Waals surface area contributed by atoms with Crippen LogP contribution in [0.25, 0.3) is 0 Å². The van der Waals surface area contributed by atoms with E-state index >= 15 is 0 Å². The first-order valence-electron chi connectivity index (χ1n) is 2.02. The number of carbonyl (C=O) groups is 1. The molecule has 1 aliphatic rings. The average Bonchev–Trinajstić information content (AvgIpc) is 1.91. The van der Waals surface area contributed by atoms with Crippen molar-refractivity contribution in [3.63, 3.8) is 0 Å². The van der Waals surface area contributed by atoms with Crippen LogP contribution in [0.4, 0.5) is 0 Å². The van der Waals surface area contributed by atoms with Crippen LogP contribution >= 0.6 is 0 Å². The number of amides is 1. The highest BCUT2D eigenvalue weighted by Crippen LogP contribution is 1.97. The lowest BCUT2D eigenvalue weighted by Crippen LogP contribution is -2.09. The van der Waals surface area contributed by atoms with E-state index in [0.717, 1.165) is 0 Å². The van der Waals surface area contributed by atoms with Gasteiger partial charge in [0.05, 0.1) is 0 Å². The molecule has 0 fully saturated rings. The summed E-state index contributed by atoms with van der Waals surface area (Å²) in [5, 5.41) is 0. The van der Waals surface area contributed by atoms with Gasteiger partial charge in [-0.2, -0.15) is 4.99 Å². The highest BCUT2D eigenvalue weighted by Gasteiger charge is 2.15. The Hall–Kier alpha value is -0.860. The molecular weight excluding hydrogens is 94.0 g/mol. The fourth-order valence-electron chi connectivity index (χ4n) is 0.337. The lowest BCUT2D eigenvalue weighted by atomic mass is 10.4. The molecule has 0 aromatic rings. The van der Waals surface area contributed by atoms with Crippen LogP contribution in [0.2, 0.25) is 0 Å². The van der Waals surface area contributed by atoms with E-state index in [0.29, 0.717) is 0 Å². The summed E-state index contributed by atoms with van der Waals surface area (Å²) in [6.45, 7) is 1.66. The van der Waals surface area contributed by atoms with Gasteiger partial charge in [0.1, 0.15) is 0 Å². The predicted octanol–water partition coefficient (Wildman–Crippen LogP) is -0.0400. The van der Waals surface area contributed by atoms with Crippen molar-refractivity contribution in [2.45, 2.75) is 13.0 Å². The van der Waals surface area contributed by atoms with E-state index in [1.165, 1.54) is 6.40 Å². The molecule has 0 radical (unpaired) electrons. The summed E-state index contributed by atoms with van der Waals surface area (Å²) in [5.74, 6) is -0.194. The molecule has 1 heterocycles. The quantitative estimate of drug-likeness (QED) is 0.427. The van der Waals surface area contributed by atoms with Crippen molar-refractivity contribution in [3.05, 3.63) is 0 Å². The molecule has 1 amide bonds. The van der Waals surface area contributed by atoms with E-state index in [1.807, 2.05) is 0 Å². The van der Waals surface area contributed by atoms with Gasteiger partial charge in [-0.25, -0.2) is 0 Å². The fraction of sp³-hybridized carbons (Fsp3) is 0.500. The fourth-order valence-corrected chi connectivity index (χ4v) is 0.337. The third-order valence-electron chi connectivity index (χ3n) is 0.793. The van der Waals surface area contributed by atoms with Gasteiger partial charge in [-0.1, -0.05) is 0 Å². The number of hydrogen-bond donors (Lipinski definition) is 0. The molecular formula is C4H5NO2. The van der Waals surface area contributed by atoms with Gasteiger partial charge in [-0.05, 0) is 6.92 Å². The summed E-state index contributed by atoms with van der Waals surface area (Å²) < 4.78 is 4.62. The standard InChI is InChI=1S/C4H5NO2/c1-3-4(6)5-2-7-3/h2-3H,1H3.